The van der Waals surface area contributed by atoms with Crippen molar-refractivity contribution in [2.24, 2.45) is 5.73 Å². The minimum atomic E-state index is -4.11. The molecule has 1 heterocycles. The first-order valence-corrected chi connectivity index (χ1v) is 12.5. The fourth-order valence-electron chi connectivity index (χ4n) is 3.69. The fraction of sp³-hybridized carbons (Fsp3) is 0.333. The van der Waals surface area contributed by atoms with Crippen LogP contribution in [0.5, 0.6) is 5.75 Å². The van der Waals surface area contributed by atoms with Gasteiger partial charge in [-0.25, -0.2) is 8.42 Å². The Morgan fingerprint density at radius 2 is 1.91 bits per heavy atom. The third-order valence-corrected chi connectivity index (χ3v) is 7.16. The molecule has 1 aliphatic rings. The monoisotopic (exact) mass is 486 g/mol. The maximum absolute atomic E-state index is 12.8. The van der Waals surface area contributed by atoms with Crippen LogP contribution in [-0.4, -0.2) is 68.8 Å². The SMILES string of the molecule is CN1CCC(Oc2ccc(N(C/C=C/c3cccc(C(=N)N)c3)S(=O)(=O)CC(=O)O)cc2)CC1. The molecule has 0 bridgehead atoms. The van der Waals surface area contributed by atoms with E-state index in [1.54, 1.807) is 60.7 Å². The van der Waals surface area contributed by atoms with Crippen LogP contribution in [0.3, 0.4) is 0 Å². The zero-order valence-electron chi connectivity index (χ0n) is 19.1. The predicted octanol–water partition coefficient (Wildman–Crippen LogP) is 2.38. The lowest BCUT2D eigenvalue weighted by Crippen LogP contribution is -2.36. The summed E-state index contributed by atoms with van der Waals surface area (Å²) < 4.78 is 32.7. The van der Waals surface area contributed by atoms with E-state index >= 15 is 0 Å². The predicted molar refractivity (Wildman–Crippen MR) is 133 cm³/mol. The number of hydrogen-bond donors (Lipinski definition) is 3. The number of ether oxygens (including phenoxy) is 1. The molecule has 34 heavy (non-hydrogen) atoms. The summed E-state index contributed by atoms with van der Waals surface area (Å²) in [7, 11) is -2.04. The summed E-state index contributed by atoms with van der Waals surface area (Å²) in [5, 5.41) is 16.6. The van der Waals surface area contributed by atoms with E-state index in [1.165, 1.54) is 0 Å². The van der Waals surface area contributed by atoms with E-state index in [2.05, 4.69) is 11.9 Å². The number of likely N-dealkylation sites (tertiary alicyclic amines) is 1. The number of benzene rings is 2. The lowest BCUT2D eigenvalue weighted by atomic mass is 10.1. The van der Waals surface area contributed by atoms with Crippen LogP contribution in [-0.2, 0) is 14.8 Å². The van der Waals surface area contributed by atoms with E-state index < -0.39 is 21.7 Å². The zero-order valence-corrected chi connectivity index (χ0v) is 19.9. The minimum absolute atomic E-state index is 0.0604. The molecule has 0 radical (unpaired) electrons. The number of sulfonamides is 1. The molecule has 10 heteroatoms. The molecule has 0 spiro atoms. The second-order valence-corrected chi connectivity index (χ2v) is 10.1. The van der Waals surface area contributed by atoms with Crippen LogP contribution >= 0.6 is 0 Å². The first-order valence-electron chi connectivity index (χ1n) is 10.9. The highest BCUT2D eigenvalue weighted by atomic mass is 32.2. The van der Waals surface area contributed by atoms with E-state index in [0.29, 0.717) is 17.0 Å². The van der Waals surface area contributed by atoms with Crippen LogP contribution in [0.4, 0.5) is 5.69 Å². The summed E-state index contributed by atoms with van der Waals surface area (Å²) in [6.45, 7) is 1.87. The fourth-order valence-corrected chi connectivity index (χ4v) is 4.92. The lowest BCUT2D eigenvalue weighted by Gasteiger charge is -2.29. The molecule has 0 atom stereocenters. The third-order valence-electron chi connectivity index (χ3n) is 5.51. The van der Waals surface area contributed by atoms with Gasteiger partial charge in [-0.1, -0.05) is 30.4 Å². The van der Waals surface area contributed by atoms with Crippen LogP contribution in [0.15, 0.2) is 54.6 Å². The number of hydrogen-bond acceptors (Lipinski definition) is 6. The topological polar surface area (TPSA) is 137 Å². The van der Waals surface area contributed by atoms with Crippen molar-refractivity contribution in [2.75, 3.05) is 36.7 Å². The van der Waals surface area contributed by atoms with Crippen LogP contribution in [0.2, 0.25) is 0 Å². The Morgan fingerprint density at radius 1 is 1.24 bits per heavy atom. The van der Waals surface area contributed by atoms with E-state index in [0.717, 1.165) is 35.8 Å². The summed E-state index contributed by atoms with van der Waals surface area (Å²) >= 11 is 0. The van der Waals surface area contributed by atoms with Gasteiger partial charge in [0, 0.05) is 18.7 Å². The van der Waals surface area contributed by atoms with Gasteiger partial charge in [0.2, 0.25) is 10.0 Å². The standard InChI is InChI=1S/C24H30N4O5S/c1-27-14-11-22(12-15-27)33-21-9-7-20(8-10-21)28(34(31,32)17-23(29)30)13-3-5-18-4-2-6-19(16-18)24(25)26/h2-10,16,22H,11-15,17H2,1H3,(H3,25,26)(H,29,30)/b5-3+. The highest BCUT2D eigenvalue weighted by Gasteiger charge is 2.25. The first-order chi connectivity index (χ1) is 16.1. The Hall–Kier alpha value is -3.37. The Morgan fingerprint density at radius 3 is 2.53 bits per heavy atom. The Labute approximate surface area is 200 Å². The van der Waals surface area contributed by atoms with Gasteiger partial charge < -0.3 is 20.5 Å². The number of anilines is 1. The van der Waals surface area contributed by atoms with Gasteiger partial charge in [0.1, 0.15) is 17.7 Å². The number of aliphatic carboxylic acids is 1. The van der Waals surface area contributed by atoms with E-state index in [4.69, 9.17) is 21.0 Å². The van der Waals surface area contributed by atoms with Gasteiger partial charge in [0.15, 0.2) is 5.75 Å². The largest absolute Gasteiger partial charge is 0.490 e. The van der Waals surface area contributed by atoms with Gasteiger partial charge in [-0.3, -0.25) is 14.5 Å². The van der Waals surface area contributed by atoms with E-state index in [-0.39, 0.29) is 18.5 Å². The van der Waals surface area contributed by atoms with Gasteiger partial charge in [0.05, 0.1) is 12.2 Å². The number of carboxylic acids is 1. The highest BCUT2D eigenvalue weighted by molar-refractivity contribution is 7.93. The summed E-state index contributed by atoms with van der Waals surface area (Å²) in [6.07, 6.45) is 5.29. The molecule has 0 aromatic heterocycles. The molecule has 0 saturated carbocycles. The van der Waals surface area contributed by atoms with Gasteiger partial charge in [-0.05, 0) is 55.8 Å². The van der Waals surface area contributed by atoms with Gasteiger partial charge in [-0.2, -0.15) is 0 Å². The molecule has 1 fully saturated rings. The smallest absolute Gasteiger partial charge is 0.320 e. The van der Waals surface area contributed by atoms with Crippen molar-refractivity contribution >= 4 is 33.6 Å². The van der Waals surface area contributed by atoms with E-state index in [1.807, 2.05) is 0 Å². The Balaban J connectivity index is 1.77. The number of amidine groups is 1. The van der Waals surface area contributed by atoms with Crippen molar-refractivity contribution in [3.63, 3.8) is 0 Å². The molecule has 1 saturated heterocycles. The molecule has 182 valence electrons. The quantitative estimate of drug-likeness (QED) is 0.346. The first kappa shape index (κ1) is 25.3. The van der Waals surface area contributed by atoms with Crippen molar-refractivity contribution in [3.05, 3.63) is 65.7 Å². The maximum Gasteiger partial charge on any atom is 0.320 e. The van der Waals surface area contributed by atoms with Crippen LogP contribution in [0.25, 0.3) is 6.08 Å². The highest BCUT2D eigenvalue weighted by Crippen LogP contribution is 2.25. The minimum Gasteiger partial charge on any atom is -0.490 e. The number of nitrogens with zero attached hydrogens (tertiary/aromatic N) is 2. The number of carboxylic acid groups (broad SMARTS) is 1. The Kier molecular flexibility index (Phi) is 8.30. The average molecular weight is 487 g/mol. The molecule has 0 unspecified atom stereocenters. The van der Waals surface area contributed by atoms with Crippen LogP contribution in [0.1, 0.15) is 24.0 Å². The Bertz CT molecular complexity index is 1140. The summed E-state index contributed by atoms with van der Waals surface area (Å²) in [6, 6.07) is 13.6. The van der Waals surface area contributed by atoms with Crippen LogP contribution in [0, 0.1) is 5.41 Å². The van der Waals surface area contributed by atoms with Crippen molar-refractivity contribution in [2.45, 2.75) is 18.9 Å². The molecular weight excluding hydrogens is 456 g/mol. The molecule has 9 nitrogen and oxygen atoms in total. The molecule has 0 amide bonds. The second-order valence-electron chi connectivity index (χ2n) is 8.24. The summed E-state index contributed by atoms with van der Waals surface area (Å²) in [5.74, 6) is -1.87. The normalized spacial score (nSPS) is 15.3. The number of rotatable bonds is 10. The molecular formula is C24H30N4O5S. The van der Waals surface area contributed by atoms with Crippen LogP contribution < -0.4 is 14.8 Å². The number of nitrogen functional groups attached to an aromatic ring is 1. The molecule has 2 aromatic carbocycles. The van der Waals surface area contributed by atoms with Crippen molar-refractivity contribution in [3.8, 4) is 5.75 Å². The van der Waals surface area contributed by atoms with Gasteiger partial charge >= 0.3 is 5.97 Å². The van der Waals surface area contributed by atoms with Crippen molar-refractivity contribution in [1.82, 2.24) is 4.90 Å². The van der Waals surface area contributed by atoms with Crippen molar-refractivity contribution in [1.29, 1.82) is 5.41 Å². The number of nitrogens with two attached hydrogens (primary N) is 1. The lowest BCUT2D eigenvalue weighted by molar-refractivity contribution is -0.134. The molecule has 0 aliphatic carbocycles. The average Bonchev–Trinajstić information content (AvgIpc) is 2.78. The summed E-state index contributed by atoms with van der Waals surface area (Å²) in [5.41, 5.74) is 7.16. The third kappa shape index (κ3) is 7.06. The second kappa shape index (κ2) is 11.2. The van der Waals surface area contributed by atoms with Gasteiger partial charge in [-0.15, -0.1) is 0 Å². The summed E-state index contributed by atoms with van der Waals surface area (Å²) in [4.78, 5) is 13.4. The molecule has 4 N–H and O–H groups in total. The van der Waals surface area contributed by atoms with Gasteiger partial charge in [0.25, 0.3) is 0 Å². The number of carbonyl (C=O) groups is 1. The number of nitrogens with one attached hydrogen (secondary N) is 1. The zero-order chi connectivity index (χ0) is 24.7. The van der Waals surface area contributed by atoms with Crippen molar-refractivity contribution < 1.29 is 23.1 Å². The molecule has 1 aliphatic heterocycles. The maximum atomic E-state index is 12.8. The molecule has 3 rings (SSSR count). The molecule has 2 aromatic rings. The van der Waals surface area contributed by atoms with E-state index in [9.17, 15) is 13.2 Å². The number of piperidine rings is 1.